The molecule has 2 aliphatic heterocycles. The average Bonchev–Trinajstić information content (AvgIpc) is 3.11. The second-order valence-corrected chi connectivity index (χ2v) is 6.78. The highest BCUT2D eigenvalue weighted by Gasteiger charge is 2.24. The third-order valence-electron chi connectivity index (χ3n) is 4.89. The summed E-state index contributed by atoms with van der Waals surface area (Å²) in [7, 11) is 0. The summed E-state index contributed by atoms with van der Waals surface area (Å²) in [6, 6.07) is 11.1. The highest BCUT2D eigenvalue weighted by Crippen LogP contribution is 2.33. The van der Waals surface area contributed by atoms with Gasteiger partial charge in [0.2, 0.25) is 6.79 Å². The van der Waals surface area contributed by atoms with Crippen LogP contribution in [0.3, 0.4) is 0 Å². The number of amides is 1. The molecule has 0 radical (unpaired) electrons. The molecule has 2 aliphatic rings. The van der Waals surface area contributed by atoms with E-state index in [1.165, 1.54) is 5.56 Å². The van der Waals surface area contributed by atoms with Gasteiger partial charge in [-0.25, -0.2) is 0 Å². The number of benzene rings is 2. The first-order chi connectivity index (χ1) is 12.6. The molecule has 2 aromatic rings. The van der Waals surface area contributed by atoms with E-state index in [4.69, 9.17) is 9.47 Å². The summed E-state index contributed by atoms with van der Waals surface area (Å²) in [5, 5.41) is 9.98. The van der Waals surface area contributed by atoms with Gasteiger partial charge in [-0.15, -0.1) is 0 Å². The van der Waals surface area contributed by atoms with Gasteiger partial charge in [0.25, 0.3) is 5.91 Å². The maximum Gasteiger partial charge on any atom is 0.257 e. The molecule has 0 atom stereocenters. The number of fused-ring (bicyclic) bond motifs is 1. The summed E-state index contributed by atoms with van der Waals surface area (Å²) >= 11 is 0. The lowest BCUT2D eigenvalue weighted by molar-refractivity contribution is 0.0625. The maximum atomic E-state index is 12.7. The summed E-state index contributed by atoms with van der Waals surface area (Å²) in [6.45, 7) is 5.91. The minimum atomic E-state index is -0.103. The molecule has 0 unspecified atom stereocenters. The first kappa shape index (κ1) is 16.7. The topological polar surface area (TPSA) is 62.2 Å². The summed E-state index contributed by atoms with van der Waals surface area (Å²) < 4.78 is 10.8. The predicted molar refractivity (Wildman–Crippen MR) is 96.6 cm³/mol. The first-order valence-corrected chi connectivity index (χ1v) is 8.80. The number of aryl methyl sites for hydroxylation is 1. The van der Waals surface area contributed by atoms with Crippen molar-refractivity contribution < 1.29 is 19.4 Å². The molecule has 0 aromatic heterocycles. The molecule has 1 saturated heterocycles. The Balaban J connectivity index is 1.36. The Bertz CT molecular complexity index is 829. The van der Waals surface area contributed by atoms with Crippen LogP contribution in [0.15, 0.2) is 36.4 Å². The number of carbonyl (C=O) groups is 1. The van der Waals surface area contributed by atoms with Crippen LogP contribution in [0.2, 0.25) is 0 Å². The van der Waals surface area contributed by atoms with Gasteiger partial charge in [0.05, 0.1) is 5.56 Å². The SMILES string of the molecule is Cc1ccc(O)c(C(=O)N2CCN(Cc3ccc4c(c3)OCO4)CC2)c1. The molecule has 0 bridgehead atoms. The van der Waals surface area contributed by atoms with Crippen molar-refractivity contribution in [3.05, 3.63) is 53.1 Å². The van der Waals surface area contributed by atoms with E-state index in [-0.39, 0.29) is 18.4 Å². The van der Waals surface area contributed by atoms with E-state index in [0.717, 1.165) is 36.7 Å². The molecule has 1 fully saturated rings. The normalized spacial score (nSPS) is 16.7. The smallest absolute Gasteiger partial charge is 0.257 e. The van der Waals surface area contributed by atoms with Crippen LogP contribution in [0, 0.1) is 6.92 Å². The van der Waals surface area contributed by atoms with Crippen molar-refractivity contribution in [3.63, 3.8) is 0 Å². The summed E-state index contributed by atoms with van der Waals surface area (Å²) in [5.74, 6) is 1.53. The van der Waals surface area contributed by atoms with Gasteiger partial charge in [0.15, 0.2) is 11.5 Å². The zero-order valence-electron chi connectivity index (χ0n) is 14.8. The maximum absolute atomic E-state index is 12.7. The molecule has 0 spiro atoms. The lowest BCUT2D eigenvalue weighted by atomic mass is 10.1. The van der Waals surface area contributed by atoms with E-state index in [1.807, 2.05) is 24.0 Å². The lowest BCUT2D eigenvalue weighted by Crippen LogP contribution is -2.48. The van der Waals surface area contributed by atoms with Gasteiger partial charge in [-0.2, -0.15) is 0 Å². The molecule has 136 valence electrons. The van der Waals surface area contributed by atoms with Crippen molar-refractivity contribution in [3.8, 4) is 17.2 Å². The Labute approximate surface area is 152 Å². The molecule has 0 saturated carbocycles. The van der Waals surface area contributed by atoms with Crippen LogP contribution in [0.1, 0.15) is 21.5 Å². The second-order valence-electron chi connectivity index (χ2n) is 6.78. The van der Waals surface area contributed by atoms with Gasteiger partial charge in [0, 0.05) is 32.7 Å². The van der Waals surface area contributed by atoms with E-state index in [9.17, 15) is 9.90 Å². The van der Waals surface area contributed by atoms with Crippen molar-refractivity contribution in [2.45, 2.75) is 13.5 Å². The first-order valence-electron chi connectivity index (χ1n) is 8.80. The minimum Gasteiger partial charge on any atom is -0.507 e. The van der Waals surface area contributed by atoms with Crippen LogP contribution < -0.4 is 9.47 Å². The summed E-state index contributed by atoms with van der Waals surface area (Å²) in [6.07, 6.45) is 0. The fraction of sp³-hybridized carbons (Fsp3) is 0.350. The molecule has 2 aromatic carbocycles. The van der Waals surface area contributed by atoms with Crippen molar-refractivity contribution in [1.29, 1.82) is 0 Å². The van der Waals surface area contributed by atoms with Gasteiger partial charge in [-0.3, -0.25) is 9.69 Å². The van der Waals surface area contributed by atoms with Gasteiger partial charge in [0.1, 0.15) is 5.75 Å². The molecule has 2 heterocycles. The van der Waals surface area contributed by atoms with Gasteiger partial charge in [-0.1, -0.05) is 17.7 Å². The van der Waals surface area contributed by atoms with E-state index in [2.05, 4.69) is 11.0 Å². The molecular weight excluding hydrogens is 332 g/mol. The molecule has 6 heteroatoms. The fourth-order valence-electron chi connectivity index (χ4n) is 3.40. The molecular formula is C20H22N2O4. The highest BCUT2D eigenvalue weighted by molar-refractivity contribution is 5.97. The van der Waals surface area contributed by atoms with Crippen LogP contribution in [0.4, 0.5) is 0 Å². The number of piperazine rings is 1. The second kappa shape index (κ2) is 6.88. The number of ether oxygens (including phenoxy) is 2. The monoisotopic (exact) mass is 354 g/mol. The quantitative estimate of drug-likeness (QED) is 0.917. The average molecular weight is 354 g/mol. The minimum absolute atomic E-state index is 0.0448. The molecule has 26 heavy (non-hydrogen) atoms. The Morgan fingerprint density at radius 2 is 1.81 bits per heavy atom. The van der Waals surface area contributed by atoms with Crippen LogP contribution in [-0.4, -0.2) is 53.8 Å². The van der Waals surface area contributed by atoms with Crippen LogP contribution in [0.5, 0.6) is 17.2 Å². The Morgan fingerprint density at radius 3 is 2.62 bits per heavy atom. The van der Waals surface area contributed by atoms with Crippen molar-refractivity contribution in [2.75, 3.05) is 33.0 Å². The number of phenols is 1. The van der Waals surface area contributed by atoms with E-state index in [1.54, 1.807) is 18.2 Å². The summed E-state index contributed by atoms with van der Waals surface area (Å²) in [4.78, 5) is 16.8. The Kier molecular flexibility index (Phi) is 4.42. The van der Waals surface area contributed by atoms with Crippen LogP contribution >= 0.6 is 0 Å². The Morgan fingerprint density at radius 1 is 1.04 bits per heavy atom. The number of nitrogens with zero attached hydrogens (tertiary/aromatic N) is 2. The Hall–Kier alpha value is -2.73. The molecule has 1 N–H and O–H groups in total. The third kappa shape index (κ3) is 3.32. The number of hydrogen-bond acceptors (Lipinski definition) is 5. The molecule has 6 nitrogen and oxygen atoms in total. The third-order valence-corrected chi connectivity index (χ3v) is 4.89. The van der Waals surface area contributed by atoms with E-state index >= 15 is 0 Å². The number of rotatable bonds is 3. The predicted octanol–water partition coefficient (Wildman–Crippen LogP) is 2.39. The van der Waals surface area contributed by atoms with Crippen molar-refractivity contribution >= 4 is 5.91 Å². The lowest BCUT2D eigenvalue weighted by Gasteiger charge is -2.35. The summed E-state index contributed by atoms with van der Waals surface area (Å²) in [5.41, 5.74) is 2.52. The number of phenolic OH excluding ortho intramolecular Hbond substituents is 1. The molecule has 1 amide bonds. The zero-order valence-corrected chi connectivity index (χ0v) is 14.8. The highest BCUT2D eigenvalue weighted by atomic mass is 16.7. The van der Waals surface area contributed by atoms with E-state index in [0.29, 0.717) is 18.7 Å². The zero-order chi connectivity index (χ0) is 18.1. The number of hydrogen-bond donors (Lipinski definition) is 1. The number of carbonyl (C=O) groups excluding carboxylic acids is 1. The van der Waals surface area contributed by atoms with Crippen LogP contribution in [-0.2, 0) is 6.54 Å². The fourth-order valence-corrected chi connectivity index (χ4v) is 3.40. The molecule has 0 aliphatic carbocycles. The van der Waals surface area contributed by atoms with Crippen LogP contribution in [0.25, 0.3) is 0 Å². The van der Waals surface area contributed by atoms with E-state index < -0.39 is 0 Å². The van der Waals surface area contributed by atoms with Gasteiger partial charge in [-0.05, 0) is 36.8 Å². The van der Waals surface area contributed by atoms with Crippen molar-refractivity contribution in [2.24, 2.45) is 0 Å². The molecule has 4 rings (SSSR count). The van der Waals surface area contributed by atoms with Gasteiger partial charge >= 0.3 is 0 Å². The standard InChI is InChI=1S/C20H22N2O4/c1-14-2-4-17(23)16(10-14)20(24)22-8-6-21(7-9-22)12-15-3-5-18-19(11-15)26-13-25-18/h2-5,10-11,23H,6-9,12-13H2,1H3. The van der Waals surface area contributed by atoms with Gasteiger partial charge < -0.3 is 19.5 Å². The van der Waals surface area contributed by atoms with Crippen molar-refractivity contribution in [1.82, 2.24) is 9.80 Å². The number of aromatic hydroxyl groups is 1. The largest absolute Gasteiger partial charge is 0.507 e.